The smallest absolute Gasteiger partial charge is 0.196 e. The monoisotopic (exact) mass is 432 g/mol. The van der Waals surface area contributed by atoms with E-state index in [2.05, 4.69) is 15.9 Å². The highest BCUT2D eigenvalue weighted by Crippen LogP contribution is 2.27. The van der Waals surface area contributed by atoms with Gasteiger partial charge in [-0.3, -0.25) is 4.79 Å². The predicted octanol–water partition coefficient (Wildman–Crippen LogP) is 6.24. The second-order valence-corrected chi connectivity index (χ2v) is 7.29. The Morgan fingerprint density at radius 2 is 1.78 bits per heavy atom. The second-order valence-electron chi connectivity index (χ2n) is 6.50. The van der Waals surface area contributed by atoms with Crippen molar-refractivity contribution in [3.05, 3.63) is 64.1 Å². The third kappa shape index (κ3) is 4.78. The van der Waals surface area contributed by atoms with Crippen molar-refractivity contribution in [3.63, 3.8) is 0 Å². The standard InChI is InChI=1S/C22H22BrFO3/c1-15-21(25)19-14-18(26-13-5-3-2-4-12-23)10-11-20(19)27-22(15)16-6-8-17(24)9-7-16/h6-11,14H,2-5,12-13H2,1H3. The van der Waals surface area contributed by atoms with E-state index in [1.165, 1.54) is 25.0 Å². The molecule has 0 radical (unpaired) electrons. The first-order valence-corrected chi connectivity index (χ1v) is 10.2. The summed E-state index contributed by atoms with van der Waals surface area (Å²) in [6, 6.07) is 11.2. The SMILES string of the molecule is Cc1c(-c2ccc(F)cc2)oc2ccc(OCCCCCCBr)cc2c1=O. The van der Waals surface area contributed by atoms with Gasteiger partial charge in [0.05, 0.1) is 12.0 Å². The van der Waals surface area contributed by atoms with Gasteiger partial charge in [0.25, 0.3) is 0 Å². The maximum atomic E-state index is 13.2. The van der Waals surface area contributed by atoms with E-state index in [-0.39, 0.29) is 11.2 Å². The quantitative estimate of drug-likeness (QED) is 0.312. The fraction of sp³-hybridized carbons (Fsp3) is 0.318. The van der Waals surface area contributed by atoms with Crippen LogP contribution in [-0.2, 0) is 0 Å². The van der Waals surface area contributed by atoms with E-state index in [9.17, 15) is 9.18 Å². The predicted molar refractivity (Wildman–Crippen MR) is 110 cm³/mol. The molecule has 0 aliphatic rings. The summed E-state index contributed by atoms with van der Waals surface area (Å²) in [4.78, 5) is 12.8. The summed E-state index contributed by atoms with van der Waals surface area (Å²) in [5.41, 5.74) is 1.57. The number of rotatable bonds is 8. The minimum atomic E-state index is -0.325. The zero-order chi connectivity index (χ0) is 19.2. The fourth-order valence-corrected chi connectivity index (χ4v) is 3.37. The van der Waals surface area contributed by atoms with Crippen LogP contribution in [0.3, 0.4) is 0 Å². The Kier molecular flexibility index (Phi) is 6.67. The maximum absolute atomic E-state index is 13.2. The van der Waals surface area contributed by atoms with Crippen LogP contribution in [0.25, 0.3) is 22.3 Å². The largest absolute Gasteiger partial charge is 0.494 e. The third-order valence-electron chi connectivity index (χ3n) is 4.49. The Hall–Kier alpha value is -2.14. The molecule has 3 aromatic rings. The number of fused-ring (bicyclic) bond motifs is 1. The van der Waals surface area contributed by atoms with Crippen molar-refractivity contribution in [1.82, 2.24) is 0 Å². The van der Waals surface area contributed by atoms with E-state index < -0.39 is 0 Å². The summed E-state index contributed by atoms with van der Waals surface area (Å²) in [5, 5.41) is 1.53. The molecule has 142 valence electrons. The van der Waals surface area contributed by atoms with Crippen LogP contribution in [0.15, 0.2) is 51.7 Å². The van der Waals surface area contributed by atoms with Crippen LogP contribution >= 0.6 is 15.9 Å². The number of alkyl halides is 1. The normalized spacial score (nSPS) is 11.1. The first-order chi connectivity index (χ1) is 13.1. The summed E-state index contributed by atoms with van der Waals surface area (Å²) in [7, 11) is 0. The molecule has 27 heavy (non-hydrogen) atoms. The van der Waals surface area contributed by atoms with Gasteiger partial charge in [0.1, 0.15) is 22.9 Å². The van der Waals surface area contributed by atoms with Crippen LogP contribution in [-0.4, -0.2) is 11.9 Å². The molecule has 0 saturated carbocycles. The van der Waals surface area contributed by atoms with E-state index in [1.54, 1.807) is 31.2 Å². The van der Waals surface area contributed by atoms with Gasteiger partial charge in [-0.25, -0.2) is 4.39 Å². The first kappa shape index (κ1) is 19.6. The number of benzene rings is 2. The molecule has 3 nitrogen and oxygen atoms in total. The molecule has 0 amide bonds. The summed E-state index contributed by atoms with van der Waals surface area (Å²) in [6.45, 7) is 2.35. The highest BCUT2D eigenvalue weighted by Gasteiger charge is 2.13. The van der Waals surface area contributed by atoms with Crippen molar-refractivity contribution in [3.8, 4) is 17.1 Å². The molecule has 0 unspecified atom stereocenters. The highest BCUT2D eigenvalue weighted by atomic mass is 79.9. The molecule has 2 aromatic carbocycles. The Balaban J connectivity index is 1.81. The topological polar surface area (TPSA) is 39.4 Å². The van der Waals surface area contributed by atoms with Crippen molar-refractivity contribution in [2.24, 2.45) is 0 Å². The van der Waals surface area contributed by atoms with Gasteiger partial charge in [0.2, 0.25) is 0 Å². The number of hydrogen-bond donors (Lipinski definition) is 0. The minimum Gasteiger partial charge on any atom is -0.494 e. The van der Waals surface area contributed by atoms with Gasteiger partial charge in [-0.05, 0) is 62.2 Å². The molecule has 0 bridgehead atoms. The van der Waals surface area contributed by atoms with Crippen molar-refractivity contribution in [1.29, 1.82) is 0 Å². The Morgan fingerprint density at radius 3 is 2.52 bits per heavy atom. The van der Waals surface area contributed by atoms with E-state index in [0.717, 1.165) is 18.2 Å². The van der Waals surface area contributed by atoms with Gasteiger partial charge < -0.3 is 9.15 Å². The molecule has 1 heterocycles. The summed E-state index contributed by atoms with van der Waals surface area (Å²) in [5.74, 6) is 0.811. The van der Waals surface area contributed by atoms with Crippen molar-refractivity contribution in [2.75, 3.05) is 11.9 Å². The number of unbranched alkanes of at least 4 members (excludes halogenated alkanes) is 3. The Bertz CT molecular complexity index is 964. The van der Waals surface area contributed by atoms with Crippen LogP contribution in [0.2, 0.25) is 0 Å². The molecular formula is C22H22BrFO3. The van der Waals surface area contributed by atoms with Gasteiger partial charge in [-0.1, -0.05) is 28.8 Å². The van der Waals surface area contributed by atoms with Crippen LogP contribution < -0.4 is 10.2 Å². The van der Waals surface area contributed by atoms with Crippen LogP contribution in [0.4, 0.5) is 4.39 Å². The molecule has 0 aliphatic carbocycles. The molecular weight excluding hydrogens is 411 g/mol. The zero-order valence-corrected chi connectivity index (χ0v) is 16.9. The van der Waals surface area contributed by atoms with Crippen molar-refractivity contribution >= 4 is 26.9 Å². The molecule has 1 aromatic heterocycles. The summed E-state index contributed by atoms with van der Waals surface area (Å²) >= 11 is 3.43. The number of halogens is 2. The highest BCUT2D eigenvalue weighted by molar-refractivity contribution is 9.09. The van der Waals surface area contributed by atoms with Crippen molar-refractivity contribution < 1.29 is 13.5 Å². The van der Waals surface area contributed by atoms with E-state index in [1.807, 2.05) is 6.07 Å². The van der Waals surface area contributed by atoms with Gasteiger partial charge in [-0.2, -0.15) is 0 Å². The van der Waals surface area contributed by atoms with Gasteiger partial charge in [0.15, 0.2) is 5.43 Å². The van der Waals surface area contributed by atoms with E-state index in [0.29, 0.717) is 40.2 Å². The lowest BCUT2D eigenvalue weighted by Gasteiger charge is -2.10. The Morgan fingerprint density at radius 1 is 1.04 bits per heavy atom. The summed E-state index contributed by atoms with van der Waals surface area (Å²) < 4.78 is 24.9. The van der Waals surface area contributed by atoms with Gasteiger partial charge >= 0.3 is 0 Å². The second kappa shape index (κ2) is 9.18. The van der Waals surface area contributed by atoms with Gasteiger partial charge in [0, 0.05) is 16.5 Å². The fourth-order valence-electron chi connectivity index (χ4n) is 2.97. The molecule has 0 aliphatic heterocycles. The molecule has 0 N–H and O–H groups in total. The lowest BCUT2D eigenvalue weighted by Crippen LogP contribution is -2.08. The average molecular weight is 433 g/mol. The molecule has 5 heteroatoms. The van der Waals surface area contributed by atoms with Crippen LogP contribution in [0.1, 0.15) is 31.2 Å². The maximum Gasteiger partial charge on any atom is 0.196 e. The van der Waals surface area contributed by atoms with E-state index in [4.69, 9.17) is 9.15 Å². The number of ether oxygens (including phenoxy) is 1. The van der Waals surface area contributed by atoms with Crippen molar-refractivity contribution in [2.45, 2.75) is 32.6 Å². The summed E-state index contributed by atoms with van der Waals surface area (Å²) in [6.07, 6.45) is 4.47. The van der Waals surface area contributed by atoms with Crippen LogP contribution in [0, 0.1) is 12.7 Å². The lowest BCUT2D eigenvalue weighted by atomic mass is 10.1. The lowest BCUT2D eigenvalue weighted by molar-refractivity contribution is 0.305. The minimum absolute atomic E-state index is 0.0988. The molecule has 0 spiro atoms. The molecule has 0 fully saturated rings. The number of hydrogen-bond acceptors (Lipinski definition) is 3. The average Bonchev–Trinajstić information content (AvgIpc) is 2.68. The zero-order valence-electron chi connectivity index (χ0n) is 15.3. The molecule has 0 atom stereocenters. The van der Waals surface area contributed by atoms with Gasteiger partial charge in [-0.15, -0.1) is 0 Å². The Labute approximate surface area is 166 Å². The molecule has 0 saturated heterocycles. The van der Waals surface area contributed by atoms with E-state index >= 15 is 0 Å². The first-order valence-electron chi connectivity index (χ1n) is 9.12. The molecule has 3 rings (SSSR count). The third-order valence-corrected chi connectivity index (χ3v) is 5.05. The van der Waals surface area contributed by atoms with Crippen LogP contribution in [0.5, 0.6) is 5.75 Å².